The third-order valence-corrected chi connectivity index (χ3v) is 6.59. The molecule has 0 bridgehead atoms. The Bertz CT molecular complexity index is 1230. The first-order chi connectivity index (χ1) is 15.3. The van der Waals surface area contributed by atoms with Crippen LogP contribution in [0.5, 0.6) is 0 Å². The number of hydrogen-bond donors (Lipinski definition) is 3. The van der Waals surface area contributed by atoms with Gasteiger partial charge in [-0.2, -0.15) is 0 Å². The van der Waals surface area contributed by atoms with Gasteiger partial charge in [0.25, 0.3) is 0 Å². The zero-order valence-electron chi connectivity index (χ0n) is 16.8. The lowest BCUT2D eigenvalue weighted by Gasteiger charge is -2.32. The summed E-state index contributed by atoms with van der Waals surface area (Å²) >= 11 is 0. The van der Waals surface area contributed by atoms with Crippen molar-refractivity contribution in [2.24, 2.45) is 5.92 Å². The van der Waals surface area contributed by atoms with Gasteiger partial charge in [0.2, 0.25) is 0 Å². The van der Waals surface area contributed by atoms with E-state index >= 15 is 0 Å². The molecule has 1 aliphatic carbocycles. The van der Waals surface area contributed by atoms with Gasteiger partial charge in [0, 0.05) is 48.2 Å². The Balaban J connectivity index is 1.34. The minimum atomic E-state index is -0.260. The van der Waals surface area contributed by atoms with Gasteiger partial charge in [-0.15, -0.1) is 0 Å². The van der Waals surface area contributed by atoms with E-state index in [1.54, 1.807) is 24.7 Å². The molecule has 4 atom stereocenters. The second-order valence-electron chi connectivity index (χ2n) is 8.37. The van der Waals surface area contributed by atoms with Crippen molar-refractivity contribution in [3.05, 3.63) is 72.5 Å². The Hall–Kier alpha value is -3.23. The summed E-state index contributed by atoms with van der Waals surface area (Å²) in [6.07, 6.45) is 10.3. The lowest BCUT2D eigenvalue weighted by Crippen LogP contribution is -2.34. The zero-order valence-corrected chi connectivity index (χ0v) is 16.8. The molecule has 2 fully saturated rings. The predicted molar refractivity (Wildman–Crippen MR) is 114 cm³/mol. The van der Waals surface area contributed by atoms with Gasteiger partial charge < -0.3 is 4.98 Å². The number of benzene rings is 1. The number of aromatic amines is 1. The van der Waals surface area contributed by atoms with Crippen LogP contribution in [-0.4, -0.2) is 31.0 Å². The third kappa shape index (κ3) is 3.28. The normalized spacial score (nSPS) is 25.6. The molecule has 31 heavy (non-hydrogen) atoms. The molecule has 1 saturated heterocycles. The van der Waals surface area contributed by atoms with Crippen molar-refractivity contribution in [1.29, 1.82) is 0 Å². The maximum Gasteiger partial charge on any atom is 0.178 e. The number of nitrogens with one attached hydrogen (secondary N) is 3. The van der Waals surface area contributed by atoms with Crippen LogP contribution in [0.1, 0.15) is 42.7 Å². The quantitative estimate of drug-likeness (QED) is 0.473. The van der Waals surface area contributed by atoms with E-state index in [1.165, 1.54) is 12.1 Å². The Morgan fingerprint density at radius 3 is 2.84 bits per heavy atom. The number of pyridine rings is 1. The molecule has 4 heterocycles. The average molecular weight is 415 g/mol. The number of fused-ring (bicyclic) bond motifs is 2. The standard InChI is InChI=1S/C23H22FN7/c24-15-3-1-2-13(10-15)16-6-7-27-22-20(16)28-23(29-22)21-17-11-14(4-5-18(17)30-31-21)19-12-25-8-9-26-19/h1-3,6-10,12,14,17-18,21,30-31H,4-5,11H2,(H,27,28,29). The molecule has 4 unspecified atom stereocenters. The molecule has 7 nitrogen and oxygen atoms in total. The van der Waals surface area contributed by atoms with E-state index in [0.29, 0.717) is 23.5 Å². The number of hydrazine groups is 1. The minimum absolute atomic E-state index is 0.0408. The minimum Gasteiger partial charge on any atom is -0.339 e. The summed E-state index contributed by atoms with van der Waals surface area (Å²) < 4.78 is 13.8. The number of imidazole rings is 1. The third-order valence-electron chi connectivity index (χ3n) is 6.59. The molecular formula is C23H22FN7. The molecule has 3 N–H and O–H groups in total. The summed E-state index contributed by atoms with van der Waals surface area (Å²) in [5, 5.41) is 0. The Morgan fingerprint density at radius 1 is 1.00 bits per heavy atom. The van der Waals surface area contributed by atoms with Crippen molar-refractivity contribution in [2.75, 3.05) is 0 Å². The van der Waals surface area contributed by atoms with Gasteiger partial charge in [-0.05, 0) is 43.0 Å². The van der Waals surface area contributed by atoms with Gasteiger partial charge in [0.15, 0.2) is 5.65 Å². The van der Waals surface area contributed by atoms with Crippen LogP contribution in [0.2, 0.25) is 0 Å². The largest absolute Gasteiger partial charge is 0.339 e. The molecule has 1 aromatic carbocycles. The first-order valence-electron chi connectivity index (χ1n) is 10.6. The van der Waals surface area contributed by atoms with Gasteiger partial charge in [-0.1, -0.05) is 12.1 Å². The van der Waals surface area contributed by atoms with Crippen molar-refractivity contribution in [2.45, 2.75) is 37.3 Å². The maximum absolute atomic E-state index is 13.8. The van der Waals surface area contributed by atoms with Crippen LogP contribution in [0, 0.1) is 11.7 Å². The van der Waals surface area contributed by atoms with Crippen molar-refractivity contribution in [1.82, 2.24) is 35.8 Å². The predicted octanol–water partition coefficient (Wildman–Crippen LogP) is 3.66. The maximum atomic E-state index is 13.8. The van der Waals surface area contributed by atoms with Gasteiger partial charge in [0.1, 0.15) is 11.6 Å². The first kappa shape index (κ1) is 18.5. The van der Waals surface area contributed by atoms with E-state index in [1.807, 2.05) is 18.3 Å². The molecule has 2 aliphatic rings. The first-order valence-corrected chi connectivity index (χ1v) is 10.6. The van der Waals surface area contributed by atoms with E-state index in [4.69, 9.17) is 4.98 Å². The molecule has 1 aliphatic heterocycles. The molecule has 4 aromatic rings. The van der Waals surface area contributed by atoms with Gasteiger partial charge in [-0.3, -0.25) is 15.4 Å². The zero-order chi connectivity index (χ0) is 20.8. The van der Waals surface area contributed by atoms with Crippen LogP contribution in [0.4, 0.5) is 4.39 Å². The van der Waals surface area contributed by atoms with Crippen LogP contribution in [-0.2, 0) is 0 Å². The number of aromatic nitrogens is 5. The number of H-pyrrole nitrogens is 1. The summed E-state index contributed by atoms with van der Waals surface area (Å²) in [4.78, 5) is 21.5. The molecule has 0 amide bonds. The second-order valence-corrected chi connectivity index (χ2v) is 8.37. The van der Waals surface area contributed by atoms with Gasteiger partial charge in [-0.25, -0.2) is 19.8 Å². The van der Waals surface area contributed by atoms with Crippen molar-refractivity contribution < 1.29 is 4.39 Å². The summed E-state index contributed by atoms with van der Waals surface area (Å²) in [7, 11) is 0. The Labute approximate surface area is 178 Å². The average Bonchev–Trinajstić information content (AvgIpc) is 3.43. The van der Waals surface area contributed by atoms with Crippen LogP contribution in [0.15, 0.2) is 55.1 Å². The van der Waals surface area contributed by atoms with Crippen LogP contribution >= 0.6 is 0 Å². The fourth-order valence-electron chi connectivity index (χ4n) is 5.09. The van der Waals surface area contributed by atoms with Crippen LogP contribution in [0.25, 0.3) is 22.3 Å². The van der Waals surface area contributed by atoms with Gasteiger partial charge >= 0.3 is 0 Å². The molecule has 6 rings (SSSR count). The topological polar surface area (TPSA) is 91.4 Å². The van der Waals surface area contributed by atoms with E-state index in [9.17, 15) is 4.39 Å². The number of nitrogens with zero attached hydrogens (tertiary/aromatic N) is 4. The number of rotatable bonds is 3. The van der Waals surface area contributed by atoms with E-state index in [-0.39, 0.29) is 11.9 Å². The molecule has 8 heteroatoms. The molecule has 1 saturated carbocycles. The molecular weight excluding hydrogens is 393 g/mol. The van der Waals surface area contributed by atoms with Crippen molar-refractivity contribution in [3.63, 3.8) is 0 Å². The summed E-state index contributed by atoms with van der Waals surface area (Å²) in [5.41, 5.74) is 11.1. The molecule has 3 aromatic heterocycles. The fraction of sp³-hybridized carbons (Fsp3) is 0.304. The molecule has 0 spiro atoms. The molecule has 0 radical (unpaired) electrons. The highest BCUT2D eigenvalue weighted by Crippen LogP contribution is 2.43. The van der Waals surface area contributed by atoms with E-state index < -0.39 is 0 Å². The van der Waals surface area contributed by atoms with Gasteiger partial charge in [0.05, 0.1) is 17.3 Å². The Kier molecular flexibility index (Phi) is 4.47. The number of halogens is 1. The molecule has 156 valence electrons. The van der Waals surface area contributed by atoms with Crippen LogP contribution < -0.4 is 10.9 Å². The fourth-order valence-corrected chi connectivity index (χ4v) is 5.09. The van der Waals surface area contributed by atoms with Crippen molar-refractivity contribution >= 4 is 11.2 Å². The van der Waals surface area contributed by atoms with E-state index in [0.717, 1.165) is 47.4 Å². The SMILES string of the molecule is Fc1cccc(-c2ccnc3nc(C4NNC5CCC(c6cnccn6)CC54)[nH]c23)c1. The lowest BCUT2D eigenvalue weighted by atomic mass is 9.75. The highest BCUT2D eigenvalue weighted by Gasteiger charge is 2.43. The van der Waals surface area contributed by atoms with Crippen LogP contribution in [0.3, 0.4) is 0 Å². The van der Waals surface area contributed by atoms with E-state index in [2.05, 4.69) is 30.8 Å². The highest BCUT2D eigenvalue weighted by atomic mass is 19.1. The smallest absolute Gasteiger partial charge is 0.178 e. The number of hydrogen-bond acceptors (Lipinski definition) is 6. The monoisotopic (exact) mass is 415 g/mol. The Morgan fingerprint density at radius 2 is 1.97 bits per heavy atom. The second kappa shape index (κ2) is 7.47. The summed E-state index contributed by atoms with van der Waals surface area (Å²) in [6, 6.07) is 8.93. The summed E-state index contributed by atoms with van der Waals surface area (Å²) in [5.74, 6) is 1.36. The lowest BCUT2D eigenvalue weighted by molar-refractivity contribution is 0.272. The van der Waals surface area contributed by atoms with Crippen molar-refractivity contribution in [3.8, 4) is 11.1 Å². The summed E-state index contributed by atoms with van der Waals surface area (Å²) in [6.45, 7) is 0. The highest BCUT2D eigenvalue weighted by molar-refractivity contribution is 5.89.